The molecule has 8 nitrogen and oxygen atoms in total. The Morgan fingerprint density at radius 2 is 2.17 bits per heavy atom. The zero-order valence-corrected chi connectivity index (χ0v) is 13.7. The summed E-state index contributed by atoms with van der Waals surface area (Å²) in [5.41, 5.74) is 1.00. The predicted molar refractivity (Wildman–Crippen MR) is 81.9 cm³/mol. The van der Waals surface area contributed by atoms with E-state index in [-0.39, 0.29) is 16.7 Å². The Balaban J connectivity index is 1.58. The Kier molecular flexibility index (Phi) is 2.88. The van der Waals surface area contributed by atoms with Gasteiger partial charge in [0.25, 0.3) is 5.91 Å². The van der Waals surface area contributed by atoms with Gasteiger partial charge >= 0.3 is 0 Å². The van der Waals surface area contributed by atoms with Gasteiger partial charge < -0.3 is 4.90 Å². The third-order valence-corrected chi connectivity index (χ3v) is 5.05. The van der Waals surface area contributed by atoms with E-state index in [0.717, 1.165) is 19.4 Å². The van der Waals surface area contributed by atoms with Gasteiger partial charge in [-0.05, 0) is 40.5 Å². The van der Waals surface area contributed by atoms with Crippen LogP contribution >= 0.6 is 0 Å². The number of fused-ring (bicyclic) bond motifs is 2. The maximum Gasteiger partial charge on any atom is 0.272 e. The standard InChI is InChI=1S/C15H21N7O/c1-14(2)5-10-6-15(3,7-14)8-21(10)13(23)11-4-12(18-17-11)22-9-16-19-20-22/h4,9-10H,5-8H2,1-3H3,(H,17,18)/t10?,15-/m1/s1. The Bertz CT molecular complexity index is 735. The average Bonchev–Trinajstić information content (AvgIpc) is 3.14. The lowest BCUT2D eigenvalue weighted by atomic mass is 9.65. The van der Waals surface area contributed by atoms with Crippen molar-refractivity contribution in [3.8, 4) is 5.82 Å². The Morgan fingerprint density at radius 3 is 2.91 bits per heavy atom. The van der Waals surface area contributed by atoms with Crippen LogP contribution in [-0.4, -0.2) is 53.8 Å². The van der Waals surface area contributed by atoms with E-state index in [1.165, 1.54) is 17.4 Å². The van der Waals surface area contributed by atoms with Gasteiger partial charge in [0, 0.05) is 18.7 Å². The zero-order valence-electron chi connectivity index (χ0n) is 13.7. The number of aromatic nitrogens is 6. The summed E-state index contributed by atoms with van der Waals surface area (Å²) in [6.45, 7) is 7.72. The lowest BCUT2D eigenvalue weighted by Gasteiger charge is -2.39. The Hall–Kier alpha value is -2.25. The lowest BCUT2D eigenvalue weighted by Crippen LogP contribution is -2.37. The topological polar surface area (TPSA) is 92.6 Å². The quantitative estimate of drug-likeness (QED) is 0.905. The highest BCUT2D eigenvalue weighted by Gasteiger charge is 2.51. The van der Waals surface area contributed by atoms with Crippen molar-refractivity contribution in [1.29, 1.82) is 0 Å². The van der Waals surface area contributed by atoms with E-state index in [0.29, 0.717) is 17.6 Å². The minimum atomic E-state index is 0.0169. The fraction of sp³-hybridized carbons (Fsp3) is 0.667. The van der Waals surface area contributed by atoms with Crippen LogP contribution in [0.2, 0.25) is 0 Å². The largest absolute Gasteiger partial charge is 0.334 e. The molecule has 4 rings (SSSR count). The van der Waals surface area contributed by atoms with Gasteiger partial charge in [0.05, 0.1) is 0 Å². The van der Waals surface area contributed by atoms with Crippen molar-refractivity contribution in [1.82, 2.24) is 35.3 Å². The van der Waals surface area contributed by atoms with Crippen LogP contribution < -0.4 is 0 Å². The number of likely N-dealkylation sites (tertiary alicyclic amines) is 1. The van der Waals surface area contributed by atoms with Crippen molar-refractivity contribution >= 4 is 5.91 Å². The molecular formula is C15H21N7O. The highest BCUT2D eigenvalue weighted by Crippen LogP contribution is 2.52. The highest BCUT2D eigenvalue weighted by molar-refractivity contribution is 5.93. The fourth-order valence-corrected chi connectivity index (χ4v) is 4.66. The van der Waals surface area contributed by atoms with Gasteiger partial charge in [0.15, 0.2) is 5.82 Å². The minimum Gasteiger partial charge on any atom is -0.334 e. The van der Waals surface area contributed by atoms with Crippen LogP contribution in [0.1, 0.15) is 50.5 Å². The van der Waals surface area contributed by atoms with E-state index in [2.05, 4.69) is 46.5 Å². The molecule has 1 saturated carbocycles. The van der Waals surface area contributed by atoms with Gasteiger partial charge in [-0.25, -0.2) is 0 Å². The monoisotopic (exact) mass is 315 g/mol. The molecule has 1 saturated heterocycles. The Morgan fingerprint density at radius 1 is 1.35 bits per heavy atom. The van der Waals surface area contributed by atoms with Crippen LogP contribution in [0.3, 0.4) is 0 Å². The van der Waals surface area contributed by atoms with Gasteiger partial charge in [-0.2, -0.15) is 9.78 Å². The van der Waals surface area contributed by atoms with Crippen molar-refractivity contribution in [2.45, 2.75) is 46.1 Å². The number of nitrogens with one attached hydrogen (secondary N) is 1. The van der Waals surface area contributed by atoms with Gasteiger partial charge in [-0.3, -0.25) is 9.89 Å². The number of rotatable bonds is 2. The molecule has 122 valence electrons. The van der Waals surface area contributed by atoms with Crippen LogP contribution in [0.5, 0.6) is 0 Å². The first kappa shape index (κ1) is 14.3. The molecule has 1 N–H and O–H groups in total. The van der Waals surface area contributed by atoms with E-state index >= 15 is 0 Å². The number of tetrazole rings is 1. The molecule has 0 radical (unpaired) electrons. The molecule has 1 unspecified atom stereocenters. The average molecular weight is 315 g/mol. The van der Waals surface area contributed by atoms with E-state index in [4.69, 9.17) is 0 Å². The number of amides is 1. The molecule has 2 bridgehead atoms. The second-order valence-electron chi connectivity index (χ2n) is 8.04. The van der Waals surface area contributed by atoms with Crippen molar-refractivity contribution in [2.24, 2.45) is 10.8 Å². The SMILES string of the molecule is CC1(C)CC2C[C@@](C)(CN2C(=O)c2cc(-n3cnnn3)n[nH]2)C1. The molecule has 2 aromatic rings. The summed E-state index contributed by atoms with van der Waals surface area (Å²) in [5, 5.41) is 17.9. The molecule has 0 spiro atoms. The molecule has 23 heavy (non-hydrogen) atoms. The van der Waals surface area contributed by atoms with Crippen LogP contribution in [0, 0.1) is 10.8 Å². The summed E-state index contributed by atoms with van der Waals surface area (Å²) in [5.74, 6) is 0.537. The van der Waals surface area contributed by atoms with Crippen LogP contribution in [0.25, 0.3) is 5.82 Å². The van der Waals surface area contributed by atoms with Gasteiger partial charge in [0.1, 0.15) is 12.0 Å². The first-order valence-electron chi connectivity index (χ1n) is 7.95. The molecule has 2 atom stereocenters. The van der Waals surface area contributed by atoms with Crippen molar-refractivity contribution in [3.63, 3.8) is 0 Å². The van der Waals surface area contributed by atoms with E-state index in [9.17, 15) is 4.79 Å². The van der Waals surface area contributed by atoms with Crippen molar-refractivity contribution in [2.75, 3.05) is 6.54 Å². The fourth-order valence-electron chi connectivity index (χ4n) is 4.66. The smallest absolute Gasteiger partial charge is 0.272 e. The maximum absolute atomic E-state index is 12.9. The normalized spacial score (nSPS) is 29.0. The van der Waals surface area contributed by atoms with Gasteiger partial charge in [-0.15, -0.1) is 5.10 Å². The highest BCUT2D eigenvalue weighted by atomic mass is 16.2. The molecule has 2 aliphatic rings. The van der Waals surface area contributed by atoms with Gasteiger partial charge in [0.2, 0.25) is 0 Å². The number of carbonyl (C=O) groups is 1. The maximum atomic E-state index is 12.9. The predicted octanol–water partition coefficient (Wildman–Crippen LogP) is 1.43. The van der Waals surface area contributed by atoms with Crippen LogP contribution in [0.4, 0.5) is 0 Å². The minimum absolute atomic E-state index is 0.0169. The summed E-state index contributed by atoms with van der Waals surface area (Å²) in [7, 11) is 0. The zero-order chi connectivity index (χ0) is 16.2. The summed E-state index contributed by atoms with van der Waals surface area (Å²) < 4.78 is 1.43. The molecular weight excluding hydrogens is 294 g/mol. The van der Waals surface area contributed by atoms with E-state index < -0.39 is 0 Å². The molecule has 2 fully saturated rings. The number of carbonyl (C=O) groups excluding carboxylic acids is 1. The van der Waals surface area contributed by atoms with Gasteiger partial charge in [-0.1, -0.05) is 20.8 Å². The molecule has 2 aromatic heterocycles. The summed E-state index contributed by atoms with van der Waals surface area (Å²) >= 11 is 0. The Labute approximate surface area is 134 Å². The number of nitrogens with zero attached hydrogens (tertiary/aromatic N) is 6. The third kappa shape index (κ3) is 2.42. The third-order valence-electron chi connectivity index (χ3n) is 5.05. The molecule has 1 aliphatic heterocycles. The molecule has 1 amide bonds. The van der Waals surface area contributed by atoms with Crippen molar-refractivity contribution in [3.05, 3.63) is 18.1 Å². The number of hydrogen-bond acceptors (Lipinski definition) is 5. The summed E-state index contributed by atoms with van der Waals surface area (Å²) in [6, 6.07) is 2.02. The first-order valence-corrected chi connectivity index (χ1v) is 7.95. The van der Waals surface area contributed by atoms with Crippen molar-refractivity contribution < 1.29 is 4.79 Å². The lowest BCUT2D eigenvalue weighted by molar-refractivity contribution is 0.0702. The summed E-state index contributed by atoms with van der Waals surface area (Å²) in [6.07, 6.45) is 4.77. The first-order chi connectivity index (χ1) is 10.9. The van der Waals surface area contributed by atoms with Crippen LogP contribution in [0.15, 0.2) is 12.4 Å². The number of H-pyrrole nitrogens is 1. The molecule has 8 heteroatoms. The second-order valence-corrected chi connectivity index (χ2v) is 8.04. The molecule has 1 aliphatic carbocycles. The van der Waals surface area contributed by atoms with E-state index in [1.807, 2.05) is 4.90 Å². The molecule has 0 aromatic carbocycles. The van der Waals surface area contributed by atoms with E-state index in [1.54, 1.807) is 6.07 Å². The summed E-state index contributed by atoms with van der Waals surface area (Å²) in [4.78, 5) is 14.9. The number of hydrogen-bond donors (Lipinski definition) is 1. The number of aromatic amines is 1. The second kappa shape index (κ2) is 4.62. The van der Waals surface area contributed by atoms with Crippen LogP contribution in [-0.2, 0) is 0 Å². The molecule has 3 heterocycles.